The van der Waals surface area contributed by atoms with Crippen molar-refractivity contribution in [2.24, 2.45) is 5.73 Å². The zero-order valence-corrected chi connectivity index (χ0v) is 13.1. The van der Waals surface area contributed by atoms with Crippen LogP contribution in [0.5, 0.6) is 5.75 Å². The smallest absolute Gasteiger partial charge is 0.124 e. The maximum atomic E-state index is 6.60. The Kier molecular flexibility index (Phi) is 6.03. The molecule has 0 saturated carbocycles. The van der Waals surface area contributed by atoms with Crippen molar-refractivity contribution in [1.82, 2.24) is 0 Å². The van der Waals surface area contributed by atoms with Gasteiger partial charge in [0.05, 0.1) is 18.2 Å². The Bertz CT molecular complexity index is 424. The van der Waals surface area contributed by atoms with E-state index in [0.29, 0.717) is 26.4 Å². The van der Waals surface area contributed by atoms with Crippen LogP contribution < -0.4 is 10.5 Å². The van der Waals surface area contributed by atoms with Crippen molar-refractivity contribution in [3.05, 3.63) is 29.8 Å². The highest BCUT2D eigenvalue weighted by Gasteiger charge is 2.41. The standard InChI is InChI=1S/C17H27NO3/c1-3-11-20-15-8-6-5-7-14(15)16(18)17(21-4-2)9-12-19-13-10-17/h5-8,16H,3-4,9-13,18H2,1-2H3. The number of rotatable bonds is 7. The minimum absolute atomic E-state index is 0.200. The van der Waals surface area contributed by atoms with Gasteiger partial charge >= 0.3 is 0 Å². The fourth-order valence-electron chi connectivity index (χ4n) is 2.91. The first-order valence-electron chi connectivity index (χ1n) is 7.92. The van der Waals surface area contributed by atoms with Crippen molar-refractivity contribution < 1.29 is 14.2 Å². The van der Waals surface area contributed by atoms with Crippen molar-refractivity contribution in [1.29, 1.82) is 0 Å². The molecule has 1 aromatic carbocycles. The average molecular weight is 293 g/mol. The first kappa shape index (κ1) is 16.3. The molecule has 1 fully saturated rings. The summed E-state index contributed by atoms with van der Waals surface area (Å²) < 4.78 is 17.4. The van der Waals surface area contributed by atoms with Crippen molar-refractivity contribution in [2.45, 2.75) is 44.8 Å². The molecule has 1 unspecified atom stereocenters. The van der Waals surface area contributed by atoms with E-state index >= 15 is 0 Å². The fourth-order valence-corrected chi connectivity index (χ4v) is 2.91. The first-order valence-corrected chi connectivity index (χ1v) is 7.92. The topological polar surface area (TPSA) is 53.7 Å². The van der Waals surface area contributed by atoms with Gasteiger partial charge in [0.1, 0.15) is 5.75 Å². The van der Waals surface area contributed by atoms with Crippen molar-refractivity contribution in [3.8, 4) is 5.75 Å². The van der Waals surface area contributed by atoms with Gasteiger partial charge in [0.25, 0.3) is 0 Å². The molecule has 1 atom stereocenters. The van der Waals surface area contributed by atoms with Crippen LogP contribution in [0.4, 0.5) is 0 Å². The maximum absolute atomic E-state index is 6.60. The van der Waals surface area contributed by atoms with Crippen LogP contribution in [0.1, 0.15) is 44.7 Å². The average Bonchev–Trinajstić information content (AvgIpc) is 2.53. The fraction of sp³-hybridized carbons (Fsp3) is 0.647. The Balaban J connectivity index is 2.25. The van der Waals surface area contributed by atoms with Gasteiger partial charge in [-0.25, -0.2) is 0 Å². The minimum atomic E-state index is -0.349. The Morgan fingerprint density at radius 1 is 1.24 bits per heavy atom. The second-order valence-electron chi connectivity index (χ2n) is 5.47. The summed E-state index contributed by atoms with van der Waals surface area (Å²) in [6.07, 6.45) is 2.63. The summed E-state index contributed by atoms with van der Waals surface area (Å²) in [5.41, 5.74) is 7.28. The monoisotopic (exact) mass is 293 g/mol. The number of nitrogens with two attached hydrogens (primary N) is 1. The summed E-state index contributed by atoms with van der Waals surface area (Å²) in [7, 11) is 0. The number of hydrogen-bond donors (Lipinski definition) is 1. The van der Waals surface area contributed by atoms with E-state index in [1.807, 2.05) is 31.2 Å². The highest BCUT2D eigenvalue weighted by molar-refractivity contribution is 5.37. The van der Waals surface area contributed by atoms with Gasteiger partial charge in [-0.3, -0.25) is 0 Å². The molecule has 4 nitrogen and oxygen atoms in total. The van der Waals surface area contributed by atoms with E-state index < -0.39 is 0 Å². The third-order valence-electron chi connectivity index (χ3n) is 4.05. The molecule has 0 radical (unpaired) electrons. The first-order chi connectivity index (χ1) is 10.2. The van der Waals surface area contributed by atoms with Gasteiger partial charge in [-0.1, -0.05) is 25.1 Å². The van der Waals surface area contributed by atoms with Crippen LogP contribution >= 0.6 is 0 Å². The zero-order valence-electron chi connectivity index (χ0n) is 13.1. The largest absolute Gasteiger partial charge is 0.493 e. The third-order valence-corrected chi connectivity index (χ3v) is 4.05. The van der Waals surface area contributed by atoms with E-state index in [0.717, 1.165) is 30.6 Å². The molecule has 1 aliphatic rings. The SMILES string of the molecule is CCCOc1ccccc1C(N)C1(OCC)CCOCC1. The molecule has 1 saturated heterocycles. The maximum Gasteiger partial charge on any atom is 0.124 e. The molecule has 21 heavy (non-hydrogen) atoms. The molecule has 1 aliphatic heterocycles. The molecule has 1 aromatic rings. The van der Waals surface area contributed by atoms with E-state index in [1.54, 1.807) is 0 Å². The van der Waals surface area contributed by atoms with Crippen LogP contribution in [-0.4, -0.2) is 32.0 Å². The summed E-state index contributed by atoms with van der Waals surface area (Å²) in [4.78, 5) is 0. The molecular weight excluding hydrogens is 266 g/mol. The predicted octanol–water partition coefficient (Wildman–Crippen LogP) is 3.06. The van der Waals surface area contributed by atoms with Crippen LogP contribution in [-0.2, 0) is 9.47 Å². The number of benzene rings is 1. The molecule has 0 aliphatic carbocycles. The molecule has 4 heteroatoms. The third kappa shape index (κ3) is 3.76. The van der Waals surface area contributed by atoms with Gasteiger partial charge < -0.3 is 19.9 Å². The molecular formula is C17H27NO3. The number of hydrogen-bond acceptors (Lipinski definition) is 4. The molecule has 2 N–H and O–H groups in total. The van der Waals surface area contributed by atoms with Crippen LogP contribution in [0.15, 0.2) is 24.3 Å². The Morgan fingerprint density at radius 3 is 2.62 bits per heavy atom. The summed E-state index contributed by atoms with van der Waals surface area (Å²) in [5, 5.41) is 0. The molecule has 0 bridgehead atoms. The summed E-state index contributed by atoms with van der Waals surface area (Å²) >= 11 is 0. The highest BCUT2D eigenvalue weighted by Crippen LogP contribution is 2.39. The zero-order chi connectivity index (χ0) is 15.1. The predicted molar refractivity (Wildman–Crippen MR) is 83.6 cm³/mol. The van der Waals surface area contributed by atoms with E-state index in [9.17, 15) is 0 Å². The highest BCUT2D eigenvalue weighted by atomic mass is 16.5. The number of ether oxygens (including phenoxy) is 3. The van der Waals surface area contributed by atoms with Crippen molar-refractivity contribution in [2.75, 3.05) is 26.4 Å². The van der Waals surface area contributed by atoms with E-state index in [1.165, 1.54) is 0 Å². The second-order valence-corrected chi connectivity index (χ2v) is 5.47. The summed E-state index contributed by atoms with van der Waals surface area (Å²) in [5.74, 6) is 0.873. The molecule has 0 amide bonds. The van der Waals surface area contributed by atoms with Crippen molar-refractivity contribution in [3.63, 3.8) is 0 Å². The van der Waals surface area contributed by atoms with Crippen LogP contribution in [0, 0.1) is 0 Å². The van der Waals surface area contributed by atoms with Crippen LogP contribution in [0.25, 0.3) is 0 Å². The van der Waals surface area contributed by atoms with Gasteiger partial charge in [0, 0.05) is 38.2 Å². The van der Waals surface area contributed by atoms with Crippen LogP contribution in [0.3, 0.4) is 0 Å². The summed E-state index contributed by atoms with van der Waals surface area (Å²) in [6.45, 7) is 6.88. The molecule has 2 rings (SSSR count). The normalized spacial score (nSPS) is 19.2. The minimum Gasteiger partial charge on any atom is -0.493 e. The van der Waals surface area contributed by atoms with Gasteiger partial charge in [0.2, 0.25) is 0 Å². The summed E-state index contributed by atoms with van der Waals surface area (Å²) in [6, 6.07) is 7.83. The van der Waals surface area contributed by atoms with Crippen LogP contribution in [0.2, 0.25) is 0 Å². The molecule has 0 aromatic heterocycles. The Labute approximate surface area is 127 Å². The quantitative estimate of drug-likeness (QED) is 0.839. The molecule has 118 valence electrons. The van der Waals surface area contributed by atoms with E-state index in [4.69, 9.17) is 19.9 Å². The second kappa shape index (κ2) is 7.78. The lowest BCUT2D eigenvalue weighted by atomic mass is 9.82. The van der Waals surface area contributed by atoms with Gasteiger partial charge in [-0.05, 0) is 19.4 Å². The Morgan fingerprint density at radius 2 is 1.95 bits per heavy atom. The van der Waals surface area contributed by atoms with Gasteiger partial charge in [-0.15, -0.1) is 0 Å². The Hall–Kier alpha value is -1.10. The van der Waals surface area contributed by atoms with E-state index in [-0.39, 0.29) is 11.6 Å². The molecule has 1 heterocycles. The molecule has 0 spiro atoms. The lowest BCUT2D eigenvalue weighted by Crippen LogP contribution is -2.48. The van der Waals surface area contributed by atoms with Crippen molar-refractivity contribution >= 4 is 0 Å². The number of para-hydroxylation sites is 1. The van der Waals surface area contributed by atoms with Gasteiger partial charge in [0.15, 0.2) is 0 Å². The lowest BCUT2D eigenvalue weighted by molar-refractivity contribution is -0.122. The van der Waals surface area contributed by atoms with E-state index in [2.05, 4.69) is 6.92 Å². The van der Waals surface area contributed by atoms with Gasteiger partial charge in [-0.2, -0.15) is 0 Å². The lowest BCUT2D eigenvalue weighted by Gasteiger charge is -2.42.